The Morgan fingerprint density at radius 2 is 1.89 bits per heavy atom. The first-order valence-electron chi connectivity index (χ1n) is 6.84. The molecule has 0 spiro atoms. The zero-order valence-electron chi connectivity index (χ0n) is 11.8. The van der Waals surface area contributed by atoms with E-state index in [1.54, 1.807) is 12.1 Å². The molecule has 0 saturated carbocycles. The second-order valence-electron chi connectivity index (χ2n) is 4.41. The summed E-state index contributed by atoms with van der Waals surface area (Å²) in [6, 6.07) is 6.93. The average molecular weight is 265 g/mol. The van der Waals surface area contributed by atoms with Crippen LogP contribution in [0.2, 0.25) is 0 Å². The van der Waals surface area contributed by atoms with E-state index < -0.39 is 0 Å². The fourth-order valence-electron chi connectivity index (χ4n) is 2.03. The normalized spacial score (nSPS) is 10.9. The van der Waals surface area contributed by atoms with Crippen molar-refractivity contribution in [3.63, 3.8) is 0 Å². The molecule has 5 heteroatoms. The maximum absolute atomic E-state index is 10.9. The van der Waals surface area contributed by atoms with E-state index >= 15 is 0 Å². The highest BCUT2D eigenvalue weighted by atomic mass is 16.6. The Labute approximate surface area is 114 Å². The fourth-order valence-corrected chi connectivity index (χ4v) is 2.03. The summed E-state index contributed by atoms with van der Waals surface area (Å²) >= 11 is 0. The van der Waals surface area contributed by atoms with E-state index in [1.165, 1.54) is 0 Å². The van der Waals surface area contributed by atoms with Gasteiger partial charge >= 0.3 is 0 Å². The molecule has 0 amide bonds. The predicted octanol–water partition coefficient (Wildman–Crippen LogP) is 2.07. The molecule has 1 aromatic rings. The minimum absolute atomic E-state index is 0.216. The summed E-state index contributed by atoms with van der Waals surface area (Å²) in [5, 5.41) is 14.2. The first-order valence-corrected chi connectivity index (χ1v) is 6.84. The fraction of sp³-hybridized carbons (Fsp3) is 0.571. The van der Waals surface area contributed by atoms with Gasteiger partial charge in [0.2, 0.25) is 0 Å². The lowest BCUT2D eigenvalue weighted by Crippen LogP contribution is -2.32. The number of nitrogens with zero attached hydrogens (tertiary/aromatic N) is 2. The SMILES string of the molecule is CCN(CC)CCNCCc1ccccc1[N+](=O)[O-]. The molecule has 0 heterocycles. The van der Waals surface area contributed by atoms with Gasteiger partial charge < -0.3 is 10.2 Å². The van der Waals surface area contributed by atoms with Crippen molar-refractivity contribution in [1.82, 2.24) is 10.2 Å². The number of para-hydroxylation sites is 1. The predicted molar refractivity (Wildman–Crippen MR) is 77.5 cm³/mol. The lowest BCUT2D eigenvalue weighted by Gasteiger charge is -2.17. The van der Waals surface area contributed by atoms with Gasteiger partial charge in [-0.2, -0.15) is 0 Å². The number of likely N-dealkylation sites (N-methyl/N-ethyl adjacent to an activating group) is 1. The van der Waals surface area contributed by atoms with Crippen molar-refractivity contribution in [2.45, 2.75) is 20.3 Å². The summed E-state index contributed by atoms with van der Waals surface area (Å²) in [4.78, 5) is 12.9. The molecule has 0 radical (unpaired) electrons. The summed E-state index contributed by atoms with van der Waals surface area (Å²) in [6.07, 6.45) is 0.690. The van der Waals surface area contributed by atoms with Crippen molar-refractivity contribution in [2.24, 2.45) is 0 Å². The molecule has 0 aliphatic heterocycles. The van der Waals surface area contributed by atoms with Gasteiger partial charge in [-0.15, -0.1) is 0 Å². The van der Waals surface area contributed by atoms with E-state index in [1.807, 2.05) is 12.1 Å². The largest absolute Gasteiger partial charge is 0.315 e. The Hall–Kier alpha value is -1.46. The minimum Gasteiger partial charge on any atom is -0.315 e. The first-order chi connectivity index (χ1) is 9.19. The van der Waals surface area contributed by atoms with Crippen molar-refractivity contribution in [1.29, 1.82) is 0 Å². The maximum Gasteiger partial charge on any atom is 0.272 e. The van der Waals surface area contributed by atoms with Crippen LogP contribution in [-0.2, 0) is 6.42 Å². The third-order valence-electron chi connectivity index (χ3n) is 3.26. The van der Waals surface area contributed by atoms with Crippen LogP contribution in [0.1, 0.15) is 19.4 Å². The van der Waals surface area contributed by atoms with E-state index in [0.29, 0.717) is 6.42 Å². The highest BCUT2D eigenvalue weighted by Gasteiger charge is 2.11. The molecule has 0 unspecified atom stereocenters. The number of nitro groups is 1. The van der Waals surface area contributed by atoms with Crippen molar-refractivity contribution in [3.8, 4) is 0 Å². The highest BCUT2D eigenvalue weighted by Crippen LogP contribution is 2.17. The number of rotatable bonds is 9. The van der Waals surface area contributed by atoms with Crippen molar-refractivity contribution >= 4 is 5.69 Å². The van der Waals surface area contributed by atoms with E-state index in [-0.39, 0.29) is 10.6 Å². The van der Waals surface area contributed by atoms with Gasteiger partial charge in [-0.3, -0.25) is 10.1 Å². The zero-order valence-corrected chi connectivity index (χ0v) is 11.8. The molecule has 1 N–H and O–H groups in total. The van der Waals surface area contributed by atoms with Crippen LogP contribution in [0.15, 0.2) is 24.3 Å². The maximum atomic E-state index is 10.9. The third kappa shape index (κ3) is 5.36. The molecule has 0 aliphatic carbocycles. The van der Waals surface area contributed by atoms with E-state index in [9.17, 15) is 10.1 Å². The molecular weight excluding hydrogens is 242 g/mol. The van der Waals surface area contributed by atoms with Gasteiger partial charge in [0.15, 0.2) is 0 Å². The van der Waals surface area contributed by atoms with E-state index in [2.05, 4.69) is 24.1 Å². The van der Waals surface area contributed by atoms with Gasteiger partial charge in [0.1, 0.15) is 0 Å². The van der Waals surface area contributed by atoms with Crippen LogP contribution < -0.4 is 5.32 Å². The molecule has 106 valence electrons. The molecule has 0 atom stereocenters. The zero-order chi connectivity index (χ0) is 14.1. The number of hydrogen-bond acceptors (Lipinski definition) is 4. The molecule has 0 aromatic heterocycles. The lowest BCUT2D eigenvalue weighted by atomic mass is 10.1. The van der Waals surface area contributed by atoms with Crippen molar-refractivity contribution < 1.29 is 4.92 Å². The molecule has 0 saturated heterocycles. The number of hydrogen-bond donors (Lipinski definition) is 1. The Bertz CT molecular complexity index is 392. The average Bonchev–Trinajstić information content (AvgIpc) is 2.43. The van der Waals surface area contributed by atoms with Gasteiger partial charge in [0.05, 0.1) is 4.92 Å². The molecule has 0 bridgehead atoms. The second kappa shape index (κ2) is 8.61. The topological polar surface area (TPSA) is 58.4 Å². The van der Waals surface area contributed by atoms with Crippen molar-refractivity contribution in [2.75, 3.05) is 32.7 Å². The van der Waals surface area contributed by atoms with Crippen LogP contribution in [0.4, 0.5) is 5.69 Å². The second-order valence-corrected chi connectivity index (χ2v) is 4.41. The monoisotopic (exact) mass is 265 g/mol. The summed E-state index contributed by atoms with van der Waals surface area (Å²) in [5.74, 6) is 0. The summed E-state index contributed by atoms with van der Waals surface area (Å²) < 4.78 is 0. The van der Waals surface area contributed by atoms with Crippen molar-refractivity contribution in [3.05, 3.63) is 39.9 Å². The quantitative estimate of drug-likeness (QED) is 0.422. The summed E-state index contributed by atoms with van der Waals surface area (Å²) in [6.45, 7) is 9.12. The van der Waals surface area contributed by atoms with E-state index in [0.717, 1.165) is 38.3 Å². The van der Waals surface area contributed by atoms with Crippen LogP contribution in [0.25, 0.3) is 0 Å². The Balaban J connectivity index is 2.32. The standard InChI is InChI=1S/C14H23N3O2/c1-3-16(4-2)12-11-15-10-9-13-7-5-6-8-14(13)17(18)19/h5-8,15H,3-4,9-12H2,1-2H3. The lowest BCUT2D eigenvalue weighted by molar-refractivity contribution is -0.385. The van der Waals surface area contributed by atoms with Gasteiger partial charge in [-0.05, 0) is 26.1 Å². The summed E-state index contributed by atoms with van der Waals surface area (Å²) in [5.41, 5.74) is 1.01. The first kappa shape index (κ1) is 15.6. The molecular formula is C14H23N3O2. The molecule has 1 aromatic carbocycles. The third-order valence-corrected chi connectivity index (χ3v) is 3.26. The molecule has 19 heavy (non-hydrogen) atoms. The van der Waals surface area contributed by atoms with Gasteiger partial charge in [0, 0.05) is 24.7 Å². The van der Waals surface area contributed by atoms with E-state index in [4.69, 9.17) is 0 Å². The molecule has 5 nitrogen and oxygen atoms in total. The van der Waals surface area contributed by atoms with Gasteiger partial charge in [-0.25, -0.2) is 0 Å². The molecule has 0 fully saturated rings. The Morgan fingerprint density at radius 3 is 2.53 bits per heavy atom. The molecule has 1 rings (SSSR count). The van der Waals surface area contributed by atoms with Gasteiger partial charge in [-0.1, -0.05) is 32.0 Å². The Kier molecular flexibility index (Phi) is 7.07. The van der Waals surface area contributed by atoms with Gasteiger partial charge in [0.25, 0.3) is 5.69 Å². The van der Waals surface area contributed by atoms with Crippen LogP contribution >= 0.6 is 0 Å². The smallest absolute Gasteiger partial charge is 0.272 e. The Morgan fingerprint density at radius 1 is 1.21 bits per heavy atom. The minimum atomic E-state index is -0.314. The molecule has 0 aliphatic rings. The number of nitro benzene ring substituents is 1. The number of nitrogens with one attached hydrogen (secondary N) is 1. The number of benzene rings is 1. The van der Waals surface area contributed by atoms with Crippen LogP contribution in [0.5, 0.6) is 0 Å². The van der Waals surface area contributed by atoms with Crippen LogP contribution in [-0.4, -0.2) is 42.5 Å². The highest BCUT2D eigenvalue weighted by molar-refractivity contribution is 5.39. The van der Waals surface area contributed by atoms with Crippen LogP contribution in [0.3, 0.4) is 0 Å². The summed E-state index contributed by atoms with van der Waals surface area (Å²) in [7, 11) is 0. The van der Waals surface area contributed by atoms with Crippen LogP contribution in [0, 0.1) is 10.1 Å².